The molecule has 3 heterocycles. The first-order valence-corrected chi connectivity index (χ1v) is 7.60. The monoisotopic (exact) mass is 322 g/mol. The Kier molecular flexibility index (Phi) is 3.26. The predicted molar refractivity (Wildman–Crippen MR) is 86.7 cm³/mol. The van der Waals surface area contributed by atoms with Crippen molar-refractivity contribution in [2.75, 3.05) is 6.54 Å². The first kappa shape index (κ1) is 14.4. The van der Waals surface area contributed by atoms with Crippen molar-refractivity contribution in [3.05, 3.63) is 75.7 Å². The maximum Gasteiger partial charge on any atom is 0.272 e. The number of nitro benzene ring substituents is 1. The minimum absolute atomic E-state index is 0.0855. The van der Waals surface area contributed by atoms with Crippen molar-refractivity contribution in [3.63, 3.8) is 0 Å². The zero-order valence-electron chi connectivity index (χ0n) is 12.8. The molecular formula is C17H14N4O3. The summed E-state index contributed by atoms with van der Waals surface area (Å²) in [6.07, 6.45) is 5.79. The van der Waals surface area contributed by atoms with Crippen LogP contribution in [0.15, 0.2) is 48.9 Å². The van der Waals surface area contributed by atoms with Gasteiger partial charge in [0.2, 0.25) is 0 Å². The Hall–Kier alpha value is -3.22. The molecule has 0 saturated heterocycles. The molecule has 0 unspecified atom stereocenters. The summed E-state index contributed by atoms with van der Waals surface area (Å²) in [5.41, 5.74) is 3.00. The van der Waals surface area contributed by atoms with Crippen LogP contribution in [0.3, 0.4) is 0 Å². The summed E-state index contributed by atoms with van der Waals surface area (Å²) < 4.78 is 1.84. The number of imidazole rings is 1. The van der Waals surface area contributed by atoms with Crippen LogP contribution in [-0.4, -0.2) is 31.7 Å². The van der Waals surface area contributed by atoms with Gasteiger partial charge in [0.05, 0.1) is 4.92 Å². The number of nitrogens with zero attached hydrogens (tertiary/aromatic N) is 4. The van der Waals surface area contributed by atoms with Crippen molar-refractivity contribution in [2.45, 2.75) is 13.0 Å². The zero-order valence-corrected chi connectivity index (χ0v) is 12.8. The summed E-state index contributed by atoms with van der Waals surface area (Å²) >= 11 is 0. The van der Waals surface area contributed by atoms with Crippen LogP contribution in [0.2, 0.25) is 0 Å². The van der Waals surface area contributed by atoms with Gasteiger partial charge in [0.25, 0.3) is 11.6 Å². The van der Waals surface area contributed by atoms with E-state index < -0.39 is 0 Å². The molecule has 0 atom stereocenters. The van der Waals surface area contributed by atoms with Crippen molar-refractivity contribution in [2.24, 2.45) is 0 Å². The third-order valence-electron chi connectivity index (χ3n) is 4.37. The standard InChI is InChI=1S/C17H14N4O3/c22-17(12-4-7-19-9-6-18-16(19)10-12)20-8-5-14-13(11-20)2-1-3-15(14)21(23)24/h1-4,6-7,9-10H,5,8,11H2. The molecule has 1 aliphatic rings. The van der Waals surface area contributed by atoms with E-state index in [0.29, 0.717) is 30.7 Å². The first-order chi connectivity index (χ1) is 11.6. The minimum atomic E-state index is -0.359. The minimum Gasteiger partial charge on any atom is -0.334 e. The second-order valence-corrected chi connectivity index (χ2v) is 5.76. The zero-order chi connectivity index (χ0) is 16.7. The number of hydrogen-bond donors (Lipinski definition) is 0. The molecule has 7 heteroatoms. The first-order valence-electron chi connectivity index (χ1n) is 7.60. The topological polar surface area (TPSA) is 80.8 Å². The molecule has 1 aromatic carbocycles. The summed E-state index contributed by atoms with van der Waals surface area (Å²) in [5, 5.41) is 11.1. The van der Waals surface area contributed by atoms with Gasteiger partial charge in [0, 0.05) is 48.9 Å². The van der Waals surface area contributed by atoms with Crippen molar-refractivity contribution in [3.8, 4) is 0 Å². The van der Waals surface area contributed by atoms with Crippen LogP contribution in [-0.2, 0) is 13.0 Å². The lowest BCUT2D eigenvalue weighted by Crippen LogP contribution is -2.36. The van der Waals surface area contributed by atoms with Gasteiger partial charge in [-0.3, -0.25) is 14.9 Å². The van der Waals surface area contributed by atoms with E-state index in [1.807, 2.05) is 16.7 Å². The van der Waals surface area contributed by atoms with Gasteiger partial charge in [-0.1, -0.05) is 12.1 Å². The van der Waals surface area contributed by atoms with Gasteiger partial charge in [0.1, 0.15) is 5.65 Å². The van der Waals surface area contributed by atoms with E-state index in [0.717, 1.165) is 11.1 Å². The molecule has 0 spiro atoms. The predicted octanol–water partition coefficient (Wildman–Crippen LogP) is 2.44. The normalized spacial score (nSPS) is 13.8. The molecule has 1 amide bonds. The van der Waals surface area contributed by atoms with E-state index >= 15 is 0 Å². The van der Waals surface area contributed by atoms with Gasteiger partial charge in [0.15, 0.2) is 0 Å². The van der Waals surface area contributed by atoms with Crippen LogP contribution in [0.25, 0.3) is 5.65 Å². The Labute approximate surface area is 137 Å². The summed E-state index contributed by atoms with van der Waals surface area (Å²) in [6, 6.07) is 8.55. The molecule has 7 nitrogen and oxygen atoms in total. The molecule has 0 aliphatic carbocycles. The van der Waals surface area contributed by atoms with Crippen molar-refractivity contribution < 1.29 is 9.72 Å². The van der Waals surface area contributed by atoms with E-state index in [1.165, 1.54) is 6.07 Å². The van der Waals surface area contributed by atoms with Crippen molar-refractivity contribution in [1.29, 1.82) is 0 Å². The highest BCUT2D eigenvalue weighted by molar-refractivity contribution is 5.95. The number of aromatic nitrogens is 2. The quantitative estimate of drug-likeness (QED) is 0.536. The Balaban J connectivity index is 1.63. The lowest BCUT2D eigenvalue weighted by atomic mass is 9.97. The lowest BCUT2D eigenvalue weighted by molar-refractivity contribution is -0.385. The smallest absolute Gasteiger partial charge is 0.272 e. The fourth-order valence-corrected chi connectivity index (χ4v) is 3.16. The van der Waals surface area contributed by atoms with Crippen molar-refractivity contribution >= 4 is 17.2 Å². The molecule has 3 aromatic rings. The molecule has 120 valence electrons. The third kappa shape index (κ3) is 2.30. The number of benzene rings is 1. The van der Waals surface area contributed by atoms with Gasteiger partial charge in [-0.15, -0.1) is 0 Å². The Bertz CT molecular complexity index is 963. The number of rotatable bonds is 2. The van der Waals surface area contributed by atoms with E-state index in [9.17, 15) is 14.9 Å². The Morgan fingerprint density at radius 2 is 2.12 bits per heavy atom. The molecule has 0 radical (unpaired) electrons. The summed E-state index contributed by atoms with van der Waals surface area (Å²) in [7, 11) is 0. The summed E-state index contributed by atoms with van der Waals surface area (Å²) in [6.45, 7) is 0.853. The SMILES string of the molecule is O=C(c1ccn2ccnc2c1)N1CCc2c(cccc2[N+](=O)[O-])C1. The highest BCUT2D eigenvalue weighted by Crippen LogP contribution is 2.28. The molecule has 1 aliphatic heterocycles. The number of hydrogen-bond acceptors (Lipinski definition) is 4. The fraction of sp³-hybridized carbons (Fsp3) is 0.176. The number of amides is 1. The van der Waals surface area contributed by atoms with Gasteiger partial charge >= 0.3 is 0 Å². The highest BCUT2D eigenvalue weighted by atomic mass is 16.6. The number of fused-ring (bicyclic) bond motifs is 2. The Morgan fingerprint density at radius 3 is 2.96 bits per heavy atom. The number of carbonyl (C=O) groups is 1. The second-order valence-electron chi connectivity index (χ2n) is 5.76. The number of pyridine rings is 1. The number of nitro groups is 1. The van der Waals surface area contributed by atoms with Crippen LogP contribution >= 0.6 is 0 Å². The highest BCUT2D eigenvalue weighted by Gasteiger charge is 2.26. The molecule has 0 saturated carbocycles. The van der Waals surface area contributed by atoms with Crippen LogP contribution in [0.4, 0.5) is 5.69 Å². The largest absolute Gasteiger partial charge is 0.334 e. The average Bonchev–Trinajstić information content (AvgIpc) is 3.07. The van der Waals surface area contributed by atoms with E-state index in [2.05, 4.69) is 4.98 Å². The Morgan fingerprint density at radius 1 is 1.25 bits per heavy atom. The molecule has 2 aromatic heterocycles. The number of carbonyl (C=O) groups excluding carboxylic acids is 1. The molecule has 0 fully saturated rings. The fourth-order valence-electron chi connectivity index (χ4n) is 3.16. The van der Waals surface area contributed by atoms with Crippen LogP contribution in [0.1, 0.15) is 21.5 Å². The molecule has 24 heavy (non-hydrogen) atoms. The van der Waals surface area contributed by atoms with E-state index in [1.54, 1.807) is 35.5 Å². The van der Waals surface area contributed by atoms with Gasteiger partial charge in [-0.25, -0.2) is 4.98 Å². The molecule has 4 rings (SSSR count). The van der Waals surface area contributed by atoms with Crippen LogP contribution in [0.5, 0.6) is 0 Å². The molecular weight excluding hydrogens is 308 g/mol. The van der Waals surface area contributed by atoms with Gasteiger partial charge in [-0.2, -0.15) is 0 Å². The van der Waals surface area contributed by atoms with Gasteiger partial charge < -0.3 is 9.30 Å². The molecule has 0 N–H and O–H groups in total. The van der Waals surface area contributed by atoms with Crippen molar-refractivity contribution in [1.82, 2.24) is 14.3 Å². The summed E-state index contributed by atoms with van der Waals surface area (Å²) in [4.78, 5) is 29.4. The third-order valence-corrected chi connectivity index (χ3v) is 4.37. The summed E-state index contributed by atoms with van der Waals surface area (Å²) in [5.74, 6) is -0.0855. The van der Waals surface area contributed by atoms with E-state index in [-0.39, 0.29) is 16.5 Å². The maximum absolute atomic E-state index is 12.7. The maximum atomic E-state index is 12.7. The van der Waals surface area contributed by atoms with Gasteiger partial charge in [-0.05, 0) is 24.1 Å². The molecule has 0 bridgehead atoms. The lowest BCUT2D eigenvalue weighted by Gasteiger charge is -2.28. The van der Waals surface area contributed by atoms with Crippen LogP contribution < -0.4 is 0 Å². The second kappa shape index (κ2) is 5.45. The average molecular weight is 322 g/mol. The van der Waals surface area contributed by atoms with E-state index in [4.69, 9.17) is 0 Å². The van der Waals surface area contributed by atoms with Crippen LogP contribution in [0, 0.1) is 10.1 Å².